The van der Waals surface area contributed by atoms with Gasteiger partial charge in [0.05, 0.1) is 5.69 Å². The lowest BCUT2D eigenvalue weighted by atomic mass is 10.1. The minimum Gasteiger partial charge on any atom is -0.397 e. The van der Waals surface area contributed by atoms with Crippen LogP contribution in [0.1, 0.15) is 15.2 Å². The van der Waals surface area contributed by atoms with E-state index >= 15 is 0 Å². The summed E-state index contributed by atoms with van der Waals surface area (Å²) in [5.74, 6) is -0.101. The van der Waals surface area contributed by atoms with Crippen LogP contribution in [0.5, 0.6) is 0 Å². The molecule has 5 nitrogen and oxygen atoms in total. The Hall–Kier alpha value is -1.63. The molecule has 1 aliphatic heterocycles. The van der Waals surface area contributed by atoms with Gasteiger partial charge in [-0.1, -0.05) is 12.1 Å². The van der Waals surface area contributed by atoms with Crippen LogP contribution >= 0.6 is 11.3 Å². The minimum atomic E-state index is -0.101. The number of fused-ring (bicyclic) bond motifs is 1. The van der Waals surface area contributed by atoms with E-state index < -0.39 is 0 Å². The Morgan fingerprint density at radius 1 is 1.29 bits per heavy atom. The van der Waals surface area contributed by atoms with Crippen molar-refractivity contribution in [2.24, 2.45) is 0 Å². The molecule has 0 aliphatic carbocycles. The van der Waals surface area contributed by atoms with Crippen LogP contribution in [0.3, 0.4) is 0 Å². The second-order valence-electron chi connectivity index (χ2n) is 5.58. The van der Waals surface area contributed by atoms with Crippen molar-refractivity contribution in [2.45, 2.75) is 6.92 Å². The van der Waals surface area contributed by atoms with Gasteiger partial charge < -0.3 is 10.6 Å². The molecular weight excluding hydrogens is 284 g/mol. The highest BCUT2D eigenvalue weighted by Crippen LogP contribution is 2.34. The van der Waals surface area contributed by atoms with E-state index in [-0.39, 0.29) is 5.91 Å². The number of benzene rings is 1. The highest BCUT2D eigenvalue weighted by Gasteiger charge is 2.20. The molecular formula is C15H20N4OS. The number of carbonyl (C=O) groups excluding carboxylic acids is 1. The molecule has 0 unspecified atom stereocenters. The zero-order valence-electron chi connectivity index (χ0n) is 12.3. The molecule has 2 aromatic rings. The number of thiophene rings is 1. The maximum atomic E-state index is 12.4. The van der Waals surface area contributed by atoms with Crippen molar-refractivity contribution in [3.63, 3.8) is 0 Å². The number of nitrogen functional groups attached to an aromatic ring is 1. The van der Waals surface area contributed by atoms with Crippen LogP contribution in [0.4, 0.5) is 5.69 Å². The molecule has 3 N–H and O–H groups in total. The predicted octanol–water partition coefficient (Wildman–Crippen LogP) is 1.68. The number of hydrazine groups is 1. The first-order chi connectivity index (χ1) is 10.0. The van der Waals surface area contributed by atoms with Crippen molar-refractivity contribution in [2.75, 3.05) is 39.0 Å². The average Bonchev–Trinajstić information content (AvgIpc) is 2.78. The number of nitrogens with two attached hydrogens (primary N) is 1. The van der Waals surface area contributed by atoms with Gasteiger partial charge in [-0.25, -0.2) is 5.01 Å². The second kappa shape index (κ2) is 5.63. The molecule has 21 heavy (non-hydrogen) atoms. The Kier molecular flexibility index (Phi) is 3.84. The van der Waals surface area contributed by atoms with E-state index in [0.29, 0.717) is 10.6 Å². The molecule has 6 heteroatoms. The minimum absolute atomic E-state index is 0.101. The second-order valence-corrected chi connectivity index (χ2v) is 6.63. The van der Waals surface area contributed by atoms with Gasteiger partial charge in [0.25, 0.3) is 5.91 Å². The maximum absolute atomic E-state index is 12.4. The van der Waals surface area contributed by atoms with Gasteiger partial charge in [-0.2, -0.15) is 0 Å². The van der Waals surface area contributed by atoms with E-state index in [2.05, 4.69) is 23.4 Å². The molecule has 112 valence electrons. The van der Waals surface area contributed by atoms with Crippen LogP contribution in [0.2, 0.25) is 0 Å². The summed E-state index contributed by atoms with van der Waals surface area (Å²) >= 11 is 1.46. The summed E-state index contributed by atoms with van der Waals surface area (Å²) in [5.41, 5.74) is 10.9. The monoisotopic (exact) mass is 304 g/mol. The number of carbonyl (C=O) groups is 1. The van der Waals surface area contributed by atoms with Gasteiger partial charge >= 0.3 is 0 Å². The SMILES string of the molecule is Cc1ccc2c(N)c(C(=O)NN3CCN(C)CC3)sc2c1. The van der Waals surface area contributed by atoms with Crippen LogP contribution < -0.4 is 11.2 Å². The fourth-order valence-corrected chi connectivity index (χ4v) is 3.62. The summed E-state index contributed by atoms with van der Waals surface area (Å²) in [6, 6.07) is 6.08. The van der Waals surface area contributed by atoms with Gasteiger partial charge in [0, 0.05) is 36.3 Å². The Bertz CT molecular complexity index is 674. The predicted molar refractivity (Wildman–Crippen MR) is 87.5 cm³/mol. The van der Waals surface area contributed by atoms with Crippen molar-refractivity contribution in [3.8, 4) is 0 Å². The van der Waals surface area contributed by atoms with E-state index in [1.54, 1.807) is 0 Å². The molecule has 1 amide bonds. The van der Waals surface area contributed by atoms with Crippen LogP contribution in [0.25, 0.3) is 10.1 Å². The molecule has 0 atom stereocenters. The number of aryl methyl sites for hydroxylation is 1. The lowest BCUT2D eigenvalue weighted by Crippen LogP contribution is -2.52. The summed E-state index contributed by atoms with van der Waals surface area (Å²) in [4.78, 5) is 15.3. The molecule has 1 aliphatic rings. The molecule has 2 heterocycles. The van der Waals surface area contributed by atoms with E-state index in [1.165, 1.54) is 16.9 Å². The standard InChI is InChI=1S/C15H20N4OS/c1-10-3-4-11-12(9-10)21-14(13(11)16)15(20)17-19-7-5-18(2)6-8-19/h3-4,9H,5-8,16H2,1-2H3,(H,17,20). The zero-order chi connectivity index (χ0) is 15.0. The number of anilines is 1. The van der Waals surface area contributed by atoms with E-state index in [0.717, 1.165) is 36.3 Å². The topological polar surface area (TPSA) is 61.6 Å². The van der Waals surface area contributed by atoms with Gasteiger partial charge in [0.15, 0.2) is 0 Å². The first-order valence-corrected chi connectivity index (χ1v) is 7.89. The first-order valence-electron chi connectivity index (χ1n) is 7.07. The highest BCUT2D eigenvalue weighted by molar-refractivity contribution is 7.21. The summed E-state index contributed by atoms with van der Waals surface area (Å²) in [6.45, 7) is 5.64. The Labute approximate surface area is 128 Å². The van der Waals surface area contributed by atoms with Gasteiger partial charge in [-0.3, -0.25) is 10.2 Å². The number of rotatable bonds is 2. The molecule has 1 aromatic heterocycles. The first kappa shape index (κ1) is 14.3. The molecule has 0 bridgehead atoms. The zero-order valence-corrected chi connectivity index (χ0v) is 13.2. The number of nitrogens with one attached hydrogen (secondary N) is 1. The fraction of sp³-hybridized carbons (Fsp3) is 0.400. The number of hydrogen-bond acceptors (Lipinski definition) is 5. The molecule has 0 saturated carbocycles. The molecule has 0 radical (unpaired) electrons. The largest absolute Gasteiger partial charge is 0.397 e. The molecule has 1 saturated heterocycles. The van der Waals surface area contributed by atoms with Crippen molar-refractivity contribution >= 4 is 33.0 Å². The lowest BCUT2D eigenvalue weighted by Gasteiger charge is -2.32. The average molecular weight is 304 g/mol. The summed E-state index contributed by atoms with van der Waals surface area (Å²) in [5, 5.41) is 2.94. The van der Waals surface area contributed by atoms with Crippen LogP contribution in [-0.2, 0) is 0 Å². The Balaban J connectivity index is 1.80. The normalized spacial score (nSPS) is 17.2. The van der Waals surface area contributed by atoms with Crippen LogP contribution in [0.15, 0.2) is 18.2 Å². The maximum Gasteiger partial charge on any atom is 0.277 e. The number of piperazine rings is 1. The summed E-state index contributed by atoms with van der Waals surface area (Å²) in [6.07, 6.45) is 0. The molecule has 3 rings (SSSR count). The van der Waals surface area contributed by atoms with Gasteiger partial charge in [-0.15, -0.1) is 11.3 Å². The molecule has 1 aromatic carbocycles. The lowest BCUT2D eigenvalue weighted by molar-refractivity contribution is 0.0667. The number of likely N-dealkylation sites (N-methyl/N-ethyl adjacent to an activating group) is 1. The third-order valence-electron chi connectivity index (χ3n) is 3.85. The third-order valence-corrected chi connectivity index (χ3v) is 5.02. The molecule has 0 spiro atoms. The quantitative estimate of drug-likeness (QED) is 0.886. The van der Waals surface area contributed by atoms with Gasteiger partial charge in [0.1, 0.15) is 4.88 Å². The van der Waals surface area contributed by atoms with Gasteiger partial charge in [0.2, 0.25) is 0 Å². The smallest absolute Gasteiger partial charge is 0.277 e. The highest BCUT2D eigenvalue weighted by atomic mass is 32.1. The van der Waals surface area contributed by atoms with Gasteiger partial charge in [-0.05, 0) is 25.6 Å². The van der Waals surface area contributed by atoms with Crippen molar-refractivity contribution in [1.82, 2.24) is 15.3 Å². The Morgan fingerprint density at radius 2 is 2.00 bits per heavy atom. The van der Waals surface area contributed by atoms with E-state index in [1.807, 2.05) is 24.1 Å². The van der Waals surface area contributed by atoms with Crippen molar-refractivity contribution in [3.05, 3.63) is 28.6 Å². The fourth-order valence-electron chi connectivity index (χ4n) is 2.51. The van der Waals surface area contributed by atoms with Crippen LogP contribution in [-0.4, -0.2) is 49.0 Å². The number of nitrogens with zero attached hydrogens (tertiary/aromatic N) is 2. The van der Waals surface area contributed by atoms with Crippen LogP contribution in [0, 0.1) is 6.92 Å². The molecule has 1 fully saturated rings. The number of amides is 1. The van der Waals surface area contributed by atoms with Crippen molar-refractivity contribution in [1.29, 1.82) is 0 Å². The van der Waals surface area contributed by atoms with E-state index in [9.17, 15) is 4.79 Å². The number of hydrogen-bond donors (Lipinski definition) is 2. The Morgan fingerprint density at radius 3 is 2.71 bits per heavy atom. The summed E-state index contributed by atoms with van der Waals surface area (Å²) < 4.78 is 1.07. The van der Waals surface area contributed by atoms with E-state index in [4.69, 9.17) is 5.73 Å². The van der Waals surface area contributed by atoms with Crippen molar-refractivity contribution < 1.29 is 4.79 Å². The summed E-state index contributed by atoms with van der Waals surface area (Å²) in [7, 11) is 2.09. The third kappa shape index (κ3) is 2.88.